The molecule has 1 nitrogen and oxygen atoms in total. The highest BCUT2D eigenvalue weighted by Crippen LogP contribution is 2.54. The van der Waals surface area contributed by atoms with Crippen LogP contribution in [-0.4, -0.2) is 7.11 Å². The summed E-state index contributed by atoms with van der Waals surface area (Å²) in [6.45, 7) is 0. The third-order valence-electron chi connectivity index (χ3n) is 4.02. The first-order chi connectivity index (χ1) is 12.0. The zero-order valence-electron chi connectivity index (χ0n) is 12.9. The summed E-state index contributed by atoms with van der Waals surface area (Å²) in [5.41, 5.74) is 0. The van der Waals surface area contributed by atoms with E-state index in [4.69, 9.17) is 51.1 Å². The molecule has 1 heterocycles. The van der Waals surface area contributed by atoms with Crippen LogP contribution in [0.15, 0.2) is 48.5 Å². The molecule has 0 spiro atoms. The topological polar surface area (TPSA) is 9.23 Å². The first-order valence-electron chi connectivity index (χ1n) is 7.36. The van der Waals surface area contributed by atoms with Crippen LogP contribution in [0.1, 0.15) is 0 Å². The Morgan fingerprint density at radius 1 is 0.720 bits per heavy atom. The Hall–Kier alpha value is -1.16. The number of methoxy groups -OCH3 is 1. The Balaban J connectivity index is 2.18. The molecule has 0 aliphatic rings. The highest BCUT2D eigenvalue weighted by atomic mass is 35.5. The van der Waals surface area contributed by atoms with Gasteiger partial charge in [0, 0.05) is 55.6 Å². The molecule has 0 saturated carbocycles. The molecule has 0 amide bonds. The minimum Gasteiger partial charge on any atom is -0.497 e. The SMILES string of the molecule is COc1cc(Cl)c(-[s+]2c3ccc(Cl)cc3c3cc(Cl)ccc32)c(Cl)c1. The summed E-state index contributed by atoms with van der Waals surface area (Å²) in [5, 5.41) is 4.66. The molecule has 0 bridgehead atoms. The second-order valence-corrected chi connectivity index (χ2v) is 9.09. The van der Waals surface area contributed by atoms with Crippen LogP contribution in [0.3, 0.4) is 0 Å². The summed E-state index contributed by atoms with van der Waals surface area (Å²) in [7, 11) is 1.16. The maximum Gasteiger partial charge on any atom is 0.217 e. The average molecular weight is 429 g/mol. The van der Waals surface area contributed by atoms with Crippen molar-refractivity contribution in [1.82, 2.24) is 0 Å². The van der Waals surface area contributed by atoms with E-state index in [1.807, 2.05) is 36.4 Å². The van der Waals surface area contributed by atoms with Gasteiger partial charge in [-0.3, -0.25) is 0 Å². The maximum atomic E-state index is 6.58. The Kier molecular flexibility index (Phi) is 4.51. The molecule has 0 unspecified atom stereocenters. The molecule has 3 aromatic carbocycles. The second kappa shape index (κ2) is 6.53. The van der Waals surface area contributed by atoms with Crippen LogP contribution < -0.4 is 4.74 Å². The van der Waals surface area contributed by atoms with Crippen molar-refractivity contribution >= 4 is 77.0 Å². The largest absolute Gasteiger partial charge is 0.497 e. The van der Waals surface area contributed by atoms with Gasteiger partial charge in [-0.25, -0.2) is 0 Å². The molecule has 4 aromatic rings. The smallest absolute Gasteiger partial charge is 0.217 e. The summed E-state index contributed by atoms with van der Waals surface area (Å²) in [5.74, 6) is 0.634. The van der Waals surface area contributed by atoms with Crippen LogP contribution in [0.5, 0.6) is 5.75 Å². The fourth-order valence-corrected chi connectivity index (χ4v) is 6.61. The van der Waals surface area contributed by atoms with Gasteiger partial charge in [-0.2, -0.15) is 0 Å². The van der Waals surface area contributed by atoms with E-state index in [2.05, 4.69) is 0 Å². The molecule has 0 N–H and O–H groups in total. The summed E-state index contributed by atoms with van der Waals surface area (Å²) >= 11 is 25.6. The van der Waals surface area contributed by atoms with Gasteiger partial charge >= 0.3 is 0 Å². The average Bonchev–Trinajstić information content (AvgIpc) is 2.87. The Bertz CT molecular complexity index is 1050. The van der Waals surface area contributed by atoms with E-state index in [0.717, 1.165) is 25.1 Å². The normalized spacial score (nSPS) is 11.4. The van der Waals surface area contributed by atoms with Gasteiger partial charge in [-0.1, -0.05) is 46.4 Å². The molecule has 0 saturated heterocycles. The highest BCUT2D eigenvalue weighted by molar-refractivity contribution is 7.51. The molecule has 126 valence electrons. The molecule has 0 radical (unpaired) electrons. The predicted molar refractivity (Wildman–Crippen MR) is 112 cm³/mol. The molecular weight excluding hydrogens is 418 g/mol. The number of hydrogen-bond donors (Lipinski definition) is 0. The van der Waals surface area contributed by atoms with Crippen LogP contribution in [0.25, 0.3) is 25.1 Å². The van der Waals surface area contributed by atoms with E-state index in [0.29, 0.717) is 25.8 Å². The first kappa shape index (κ1) is 17.3. The van der Waals surface area contributed by atoms with E-state index in [1.165, 1.54) is 0 Å². The van der Waals surface area contributed by atoms with Gasteiger partial charge in [0.15, 0.2) is 9.40 Å². The fraction of sp³-hybridized carbons (Fsp3) is 0.0526. The van der Waals surface area contributed by atoms with Crippen molar-refractivity contribution in [2.24, 2.45) is 0 Å². The number of thiophene rings is 1. The molecule has 25 heavy (non-hydrogen) atoms. The third kappa shape index (κ3) is 2.87. The summed E-state index contributed by atoms with van der Waals surface area (Å²) in [4.78, 5) is 0.883. The molecule has 0 aliphatic heterocycles. The number of hydrogen-bond acceptors (Lipinski definition) is 1. The van der Waals surface area contributed by atoms with Gasteiger partial charge in [0.25, 0.3) is 0 Å². The Labute approximate surface area is 167 Å². The monoisotopic (exact) mass is 427 g/mol. The maximum absolute atomic E-state index is 6.58. The third-order valence-corrected chi connectivity index (χ3v) is 7.76. The zero-order chi connectivity index (χ0) is 17.7. The zero-order valence-corrected chi connectivity index (χ0v) is 16.8. The van der Waals surface area contributed by atoms with E-state index in [-0.39, 0.29) is 0 Å². The number of halogens is 4. The lowest BCUT2D eigenvalue weighted by molar-refractivity contribution is 0.415. The molecule has 1 aromatic heterocycles. The number of ether oxygens (including phenoxy) is 1. The van der Waals surface area contributed by atoms with E-state index in [9.17, 15) is 0 Å². The summed E-state index contributed by atoms with van der Waals surface area (Å²) in [6.07, 6.45) is 0. The quantitative estimate of drug-likeness (QED) is 0.291. The van der Waals surface area contributed by atoms with Crippen molar-refractivity contribution in [3.63, 3.8) is 0 Å². The number of rotatable bonds is 2. The number of fused-ring (bicyclic) bond motifs is 3. The molecule has 4 rings (SSSR count). The van der Waals surface area contributed by atoms with Crippen molar-refractivity contribution in [2.45, 2.75) is 0 Å². The van der Waals surface area contributed by atoms with Gasteiger partial charge in [-0.15, -0.1) is 0 Å². The lowest BCUT2D eigenvalue weighted by Gasteiger charge is -2.04. The Morgan fingerprint density at radius 2 is 1.20 bits per heavy atom. The molecular formula is C19H11Cl4OS+. The van der Waals surface area contributed by atoms with Crippen molar-refractivity contribution in [3.05, 3.63) is 68.6 Å². The van der Waals surface area contributed by atoms with Gasteiger partial charge in [0.1, 0.15) is 15.8 Å². The molecule has 6 heteroatoms. The molecule has 0 atom stereocenters. The fourth-order valence-electron chi connectivity index (χ4n) is 2.97. The summed E-state index contributed by atoms with van der Waals surface area (Å²) in [6, 6.07) is 15.4. The number of benzene rings is 3. The van der Waals surface area contributed by atoms with Crippen LogP contribution >= 0.6 is 56.9 Å². The second-order valence-electron chi connectivity index (χ2n) is 5.51. The van der Waals surface area contributed by atoms with E-state index >= 15 is 0 Å². The predicted octanol–water partition coefficient (Wildman–Crippen LogP) is 8.35. The van der Waals surface area contributed by atoms with Gasteiger partial charge in [0.2, 0.25) is 4.90 Å². The standard InChI is InChI=1S/C19H11Cl4OS/c1-24-12-8-15(22)19(16(23)9-12)25-17-4-2-10(20)6-13(17)14-7-11(21)3-5-18(14)25/h2-9H,1H3/q+1. The van der Waals surface area contributed by atoms with Crippen molar-refractivity contribution in [2.75, 3.05) is 7.11 Å². The molecule has 0 fully saturated rings. The van der Waals surface area contributed by atoms with Gasteiger partial charge in [0.05, 0.1) is 7.11 Å². The van der Waals surface area contributed by atoms with E-state index < -0.39 is 10.5 Å². The van der Waals surface area contributed by atoms with Crippen LogP contribution in [-0.2, 0) is 0 Å². The Morgan fingerprint density at radius 3 is 1.64 bits per heavy atom. The van der Waals surface area contributed by atoms with Crippen molar-refractivity contribution in [3.8, 4) is 10.6 Å². The molecule has 0 aliphatic carbocycles. The van der Waals surface area contributed by atoms with Crippen LogP contribution in [0.2, 0.25) is 20.1 Å². The summed E-state index contributed by atoms with van der Waals surface area (Å²) < 4.78 is 7.53. The minimum atomic E-state index is -0.427. The lowest BCUT2D eigenvalue weighted by atomic mass is 10.1. The van der Waals surface area contributed by atoms with Crippen LogP contribution in [0.4, 0.5) is 0 Å². The highest BCUT2D eigenvalue weighted by Gasteiger charge is 2.29. The van der Waals surface area contributed by atoms with Gasteiger partial charge in [-0.05, 0) is 24.3 Å². The van der Waals surface area contributed by atoms with Crippen molar-refractivity contribution in [1.29, 1.82) is 0 Å². The van der Waals surface area contributed by atoms with Gasteiger partial charge < -0.3 is 4.74 Å². The van der Waals surface area contributed by atoms with Crippen molar-refractivity contribution < 1.29 is 4.74 Å². The van der Waals surface area contributed by atoms with E-state index in [1.54, 1.807) is 19.2 Å². The first-order valence-corrected chi connectivity index (χ1v) is 10.1. The lowest BCUT2D eigenvalue weighted by Crippen LogP contribution is -1.84. The van der Waals surface area contributed by atoms with Crippen LogP contribution in [0, 0.1) is 0 Å². The minimum absolute atomic E-state index is 0.427.